The fourth-order valence-electron chi connectivity index (χ4n) is 1.61. The van der Waals surface area contributed by atoms with E-state index in [1.807, 2.05) is 4.90 Å². The molecule has 1 aliphatic heterocycles. The van der Waals surface area contributed by atoms with Crippen LogP contribution in [0.15, 0.2) is 11.5 Å². The van der Waals surface area contributed by atoms with Crippen LogP contribution in [0, 0.1) is 0 Å². The Morgan fingerprint density at radius 3 is 2.76 bits per heavy atom. The lowest BCUT2D eigenvalue weighted by Crippen LogP contribution is -2.47. The third-order valence-electron chi connectivity index (χ3n) is 2.72. The van der Waals surface area contributed by atoms with E-state index in [2.05, 4.69) is 22.1 Å². The fraction of sp³-hybridized carbons (Fsp3) is 0.667. The van der Waals surface area contributed by atoms with E-state index < -0.39 is 0 Å². The number of hydrogen-bond acceptors (Lipinski definition) is 6. The van der Waals surface area contributed by atoms with E-state index >= 15 is 0 Å². The van der Waals surface area contributed by atoms with Crippen molar-refractivity contribution < 1.29 is 4.79 Å². The first kappa shape index (κ1) is 12.2. The molecular weight excluding hydrogens is 240 g/mol. The van der Waals surface area contributed by atoms with Gasteiger partial charge in [0.1, 0.15) is 6.33 Å². The van der Waals surface area contributed by atoms with Gasteiger partial charge in [0.15, 0.2) is 0 Å². The first-order valence-corrected chi connectivity index (χ1v) is 6.39. The Kier molecular flexibility index (Phi) is 3.85. The van der Waals surface area contributed by atoms with Crippen molar-refractivity contribution >= 4 is 17.7 Å². The second-order valence-corrected chi connectivity index (χ2v) is 4.94. The van der Waals surface area contributed by atoms with E-state index in [4.69, 9.17) is 5.84 Å². The molecule has 2 rings (SSSR count). The molecule has 0 bridgehead atoms. The molecule has 0 saturated carbocycles. The molecule has 1 aromatic heterocycles. The molecular formula is C9H16N6OS. The Bertz CT molecular complexity index is 387. The Hall–Kier alpha value is -1.28. The molecule has 2 N–H and O–H groups in total. The summed E-state index contributed by atoms with van der Waals surface area (Å²) in [5.74, 6) is 6.05. The Morgan fingerprint density at radius 1 is 1.47 bits per heavy atom. The van der Waals surface area contributed by atoms with E-state index in [0.29, 0.717) is 10.9 Å². The van der Waals surface area contributed by atoms with Gasteiger partial charge < -0.3 is 15.6 Å². The van der Waals surface area contributed by atoms with Gasteiger partial charge in [0, 0.05) is 26.2 Å². The number of carbonyl (C=O) groups is 1. The van der Waals surface area contributed by atoms with Crippen molar-refractivity contribution in [1.82, 2.24) is 24.7 Å². The van der Waals surface area contributed by atoms with Gasteiger partial charge >= 0.3 is 0 Å². The highest BCUT2D eigenvalue weighted by Crippen LogP contribution is 2.13. The van der Waals surface area contributed by atoms with Crippen molar-refractivity contribution in [2.75, 3.05) is 44.8 Å². The largest absolute Gasteiger partial charge is 0.339 e. The maximum absolute atomic E-state index is 11.9. The van der Waals surface area contributed by atoms with Gasteiger partial charge in [-0.2, -0.15) is 0 Å². The molecule has 0 atom stereocenters. The van der Waals surface area contributed by atoms with Crippen molar-refractivity contribution in [3.63, 3.8) is 0 Å². The van der Waals surface area contributed by atoms with Gasteiger partial charge in [0.05, 0.1) is 5.75 Å². The normalized spacial score (nSPS) is 17.4. The van der Waals surface area contributed by atoms with Crippen LogP contribution in [0.1, 0.15) is 0 Å². The molecule has 1 fully saturated rings. The van der Waals surface area contributed by atoms with Crippen LogP contribution in [0.25, 0.3) is 0 Å². The molecule has 0 unspecified atom stereocenters. The molecule has 7 nitrogen and oxygen atoms in total. The highest BCUT2D eigenvalue weighted by atomic mass is 32.2. The van der Waals surface area contributed by atoms with E-state index in [0.717, 1.165) is 26.2 Å². The van der Waals surface area contributed by atoms with Crippen LogP contribution in [0.3, 0.4) is 0 Å². The minimum Gasteiger partial charge on any atom is -0.339 e. The molecule has 1 aromatic rings. The van der Waals surface area contributed by atoms with E-state index in [1.165, 1.54) is 22.8 Å². The minimum absolute atomic E-state index is 0.131. The molecule has 0 spiro atoms. The van der Waals surface area contributed by atoms with Gasteiger partial charge in [0.25, 0.3) is 0 Å². The number of piperazine rings is 1. The Balaban J connectivity index is 1.80. The lowest BCUT2D eigenvalue weighted by Gasteiger charge is -2.32. The molecule has 94 valence electrons. The molecule has 8 heteroatoms. The zero-order chi connectivity index (χ0) is 12.3. The molecule has 0 aliphatic carbocycles. The molecule has 1 saturated heterocycles. The summed E-state index contributed by atoms with van der Waals surface area (Å²) in [4.78, 5) is 16.0. The number of rotatable bonds is 3. The van der Waals surface area contributed by atoms with E-state index in [1.54, 1.807) is 0 Å². The smallest absolute Gasteiger partial charge is 0.233 e. The number of thioether (sulfide) groups is 1. The number of aromatic nitrogens is 3. The standard InChI is InChI=1S/C9H16N6OS/c1-13-2-4-14(5-3-13)8(16)6-17-9-12-11-7-15(9)10/h7H,2-6,10H2,1H3. The van der Waals surface area contributed by atoms with Crippen molar-refractivity contribution in [2.24, 2.45) is 0 Å². The zero-order valence-electron chi connectivity index (χ0n) is 9.74. The van der Waals surface area contributed by atoms with Gasteiger partial charge in [-0.3, -0.25) is 4.79 Å². The molecule has 2 heterocycles. The minimum atomic E-state index is 0.131. The molecule has 17 heavy (non-hydrogen) atoms. The van der Waals surface area contributed by atoms with Crippen LogP contribution < -0.4 is 5.84 Å². The van der Waals surface area contributed by atoms with Crippen LogP contribution in [0.5, 0.6) is 0 Å². The maximum Gasteiger partial charge on any atom is 0.233 e. The number of carbonyl (C=O) groups excluding carboxylic acids is 1. The Labute approximate surface area is 104 Å². The number of likely N-dealkylation sites (N-methyl/N-ethyl adjacent to an activating group) is 1. The van der Waals surface area contributed by atoms with Crippen molar-refractivity contribution in [3.8, 4) is 0 Å². The first-order chi connectivity index (χ1) is 8.16. The number of nitrogen functional groups attached to an aromatic ring is 1. The maximum atomic E-state index is 11.9. The van der Waals surface area contributed by atoms with Crippen molar-refractivity contribution in [1.29, 1.82) is 0 Å². The van der Waals surface area contributed by atoms with Crippen molar-refractivity contribution in [3.05, 3.63) is 6.33 Å². The first-order valence-electron chi connectivity index (χ1n) is 5.41. The Morgan fingerprint density at radius 2 is 2.18 bits per heavy atom. The summed E-state index contributed by atoms with van der Waals surface area (Å²) >= 11 is 1.32. The topological polar surface area (TPSA) is 80.3 Å². The zero-order valence-corrected chi connectivity index (χ0v) is 10.6. The second kappa shape index (κ2) is 5.37. The van der Waals surface area contributed by atoms with Crippen LogP contribution >= 0.6 is 11.8 Å². The van der Waals surface area contributed by atoms with Crippen LogP contribution in [-0.4, -0.2) is 69.6 Å². The monoisotopic (exact) mass is 256 g/mol. The summed E-state index contributed by atoms with van der Waals surface area (Å²) in [5, 5.41) is 8.04. The van der Waals surface area contributed by atoms with Crippen LogP contribution in [0.2, 0.25) is 0 Å². The lowest BCUT2D eigenvalue weighted by atomic mass is 10.3. The van der Waals surface area contributed by atoms with Crippen LogP contribution in [-0.2, 0) is 4.79 Å². The van der Waals surface area contributed by atoms with Gasteiger partial charge in [-0.1, -0.05) is 11.8 Å². The van der Waals surface area contributed by atoms with Crippen LogP contribution in [0.4, 0.5) is 0 Å². The van der Waals surface area contributed by atoms with Gasteiger partial charge in [-0.15, -0.1) is 10.2 Å². The molecule has 1 aliphatic rings. The van der Waals surface area contributed by atoms with Gasteiger partial charge in [0.2, 0.25) is 11.1 Å². The average Bonchev–Trinajstić information content (AvgIpc) is 2.73. The summed E-state index contributed by atoms with van der Waals surface area (Å²) in [6.45, 7) is 3.46. The highest BCUT2D eigenvalue weighted by molar-refractivity contribution is 7.99. The molecule has 1 amide bonds. The summed E-state index contributed by atoms with van der Waals surface area (Å²) < 4.78 is 1.32. The van der Waals surface area contributed by atoms with Gasteiger partial charge in [-0.25, -0.2) is 4.68 Å². The fourth-order valence-corrected chi connectivity index (χ4v) is 2.34. The third kappa shape index (κ3) is 3.10. The number of amides is 1. The number of nitrogens with zero attached hydrogens (tertiary/aromatic N) is 5. The number of nitrogens with two attached hydrogens (primary N) is 1. The van der Waals surface area contributed by atoms with Gasteiger partial charge in [-0.05, 0) is 7.05 Å². The lowest BCUT2D eigenvalue weighted by molar-refractivity contribution is -0.129. The third-order valence-corrected chi connectivity index (χ3v) is 3.66. The van der Waals surface area contributed by atoms with E-state index in [9.17, 15) is 4.79 Å². The second-order valence-electron chi connectivity index (χ2n) is 3.99. The summed E-state index contributed by atoms with van der Waals surface area (Å²) in [5.41, 5.74) is 0. The van der Waals surface area contributed by atoms with Crippen molar-refractivity contribution in [2.45, 2.75) is 5.16 Å². The average molecular weight is 256 g/mol. The summed E-state index contributed by atoms with van der Waals surface area (Å²) in [6, 6.07) is 0. The van der Waals surface area contributed by atoms with E-state index in [-0.39, 0.29) is 5.91 Å². The SMILES string of the molecule is CN1CCN(C(=O)CSc2nncn2N)CC1. The predicted molar refractivity (Wildman–Crippen MR) is 65.0 cm³/mol. The molecule has 0 aromatic carbocycles. The quantitative estimate of drug-likeness (QED) is 0.544. The molecule has 0 radical (unpaired) electrons. The summed E-state index contributed by atoms with van der Waals surface area (Å²) in [6.07, 6.45) is 1.42. The highest BCUT2D eigenvalue weighted by Gasteiger charge is 2.19. The summed E-state index contributed by atoms with van der Waals surface area (Å²) in [7, 11) is 2.06. The predicted octanol–water partition coefficient (Wildman–Crippen LogP) is -1.14. The number of hydrogen-bond donors (Lipinski definition) is 1.